The van der Waals surface area contributed by atoms with Gasteiger partial charge < -0.3 is 14.8 Å². The molecule has 0 fully saturated rings. The number of esters is 1. The van der Waals surface area contributed by atoms with E-state index in [0.29, 0.717) is 17.9 Å². The fourth-order valence-corrected chi connectivity index (χ4v) is 2.60. The summed E-state index contributed by atoms with van der Waals surface area (Å²) in [6.07, 6.45) is -0.163. The van der Waals surface area contributed by atoms with Crippen molar-refractivity contribution >= 4 is 29.2 Å². The average Bonchev–Trinajstić information content (AvgIpc) is 2.63. The molecule has 0 heterocycles. The van der Waals surface area contributed by atoms with Crippen LogP contribution < -0.4 is 10.1 Å². The van der Waals surface area contributed by atoms with Crippen LogP contribution in [0, 0.1) is 13.8 Å². The van der Waals surface area contributed by atoms with Crippen molar-refractivity contribution in [2.24, 2.45) is 0 Å². The second-order valence-corrected chi connectivity index (χ2v) is 6.37. The summed E-state index contributed by atoms with van der Waals surface area (Å²) in [5, 5.41) is 3.02. The molecule has 2 rings (SSSR count). The molecule has 138 valence electrons. The maximum absolute atomic E-state index is 12.6. The summed E-state index contributed by atoms with van der Waals surface area (Å²) >= 11 is 6.00. The van der Waals surface area contributed by atoms with Gasteiger partial charge in [0, 0.05) is 5.69 Å². The number of hydrogen-bond donors (Lipinski definition) is 1. The van der Waals surface area contributed by atoms with Crippen LogP contribution in [0.25, 0.3) is 0 Å². The van der Waals surface area contributed by atoms with Crippen molar-refractivity contribution in [2.45, 2.75) is 33.3 Å². The Morgan fingerprint density at radius 1 is 1.15 bits per heavy atom. The molecule has 0 aromatic heterocycles. The van der Waals surface area contributed by atoms with E-state index >= 15 is 0 Å². The molecule has 1 N–H and O–H groups in total. The monoisotopic (exact) mass is 375 g/mol. The van der Waals surface area contributed by atoms with Gasteiger partial charge in [0.15, 0.2) is 6.10 Å². The van der Waals surface area contributed by atoms with Crippen molar-refractivity contribution < 1.29 is 19.1 Å². The van der Waals surface area contributed by atoms with Crippen molar-refractivity contribution in [3.05, 3.63) is 58.1 Å². The van der Waals surface area contributed by atoms with Crippen LogP contribution in [0.1, 0.15) is 34.8 Å². The number of benzene rings is 2. The van der Waals surface area contributed by atoms with Gasteiger partial charge in [-0.2, -0.15) is 0 Å². The van der Waals surface area contributed by atoms with Crippen molar-refractivity contribution in [1.82, 2.24) is 0 Å². The zero-order valence-corrected chi connectivity index (χ0v) is 16.0. The molecule has 0 aliphatic rings. The van der Waals surface area contributed by atoms with E-state index in [2.05, 4.69) is 10.1 Å². The second kappa shape index (κ2) is 8.72. The molecule has 1 atom stereocenters. The fraction of sp³-hybridized carbons (Fsp3) is 0.300. The third-order valence-corrected chi connectivity index (χ3v) is 4.24. The number of aryl methyl sites for hydroxylation is 2. The fourth-order valence-electron chi connectivity index (χ4n) is 2.40. The molecule has 0 spiro atoms. The van der Waals surface area contributed by atoms with E-state index < -0.39 is 12.1 Å². The summed E-state index contributed by atoms with van der Waals surface area (Å²) in [5.41, 5.74) is 2.65. The van der Waals surface area contributed by atoms with Crippen LogP contribution in [-0.4, -0.2) is 25.1 Å². The van der Waals surface area contributed by atoms with E-state index in [-0.39, 0.29) is 16.5 Å². The Labute approximate surface area is 158 Å². The lowest BCUT2D eigenvalue weighted by Crippen LogP contribution is -2.32. The Hall–Kier alpha value is -2.53. The van der Waals surface area contributed by atoms with Crippen LogP contribution in [0.4, 0.5) is 5.69 Å². The predicted molar refractivity (Wildman–Crippen MR) is 102 cm³/mol. The number of ether oxygens (including phenoxy) is 2. The van der Waals surface area contributed by atoms with E-state index in [0.717, 1.165) is 11.1 Å². The normalized spacial score (nSPS) is 11.6. The lowest BCUT2D eigenvalue weighted by atomic mass is 10.1. The summed E-state index contributed by atoms with van der Waals surface area (Å²) in [7, 11) is 1.27. The summed E-state index contributed by atoms with van der Waals surface area (Å²) < 4.78 is 10.6. The smallest absolute Gasteiger partial charge is 0.339 e. The molecule has 26 heavy (non-hydrogen) atoms. The van der Waals surface area contributed by atoms with Gasteiger partial charge in [0.1, 0.15) is 5.75 Å². The van der Waals surface area contributed by atoms with Gasteiger partial charge in [-0.1, -0.05) is 30.7 Å². The lowest BCUT2D eigenvalue weighted by Gasteiger charge is -2.19. The summed E-state index contributed by atoms with van der Waals surface area (Å²) in [6, 6.07) is 10.5. The van der Waals surface area contributed by atoms with Crippen molar-refractivity contribution in [2.75, 3.05) is 12.4 Å². The number of carbonyl (C=O) groups is 2. The molecule has 5 nitrogen and oxygen atoms in total. The molecule has 1 amide bonds. The molecule has 0 bridgehead atoms. The van der Waals surface area contributed by atoms with Gasteiger partial charge in [-0.25, -0.2) is 4.79 Å². The van der Waals surface area contributed by atoms with Gasteiger partial charge >= 0.3 is 5.97 Å². The van der Waals surface area contributed by atoms with Gasteiger partial charge in [-0.05, 0) is 55.7 Å². The number of methoxy groups -OCH3 is 1. The Morgan fingerprint density at radius 2 is 1.88 bits per heavy atom. The highest BCUT2D eigenvalue weighted by Gasteiger charge is 2.20. The zero-order valence-electron chi connectivity index (χ0n) is 15.3. The number of nitrogens with one attached hydrogen (secondary N) is 1. The minimum Gasteiger partial charge on any atom is -0.480 e. The Kier molecular flexibility index (Phi) is 6.64. The molecule has 6 heteroatoms. The number of amides is 1. The molecule has 1 unspecified atom stereocenters. The number of hydrogen-bond acceptors (Lipinski definition) is 4. The van der Waals surface area contributed by atoms with Gasteiger partial charge in [0.2, 0.25) is 0 Å². The Bertz CT molecular complexity index is 819. The largest absolute Gasteiger partial charge is 0.480 e. The molecule has 0 saturated carbocycles. The van der Waals surface area contributed by atoms with E-state index in [4.69, 9.17) is 16.3 Å². The minimum absolute atomic E-state index is 0.190. The summed E-state index contributed by atoms with van der Waals surface area (Å²) in [6.45, 7) is 5.77. The molecular formula is C20H22ClNO4. The number of carbonyl (C=O) groups excluding carboxylic acids is 2. The highest BCUT2D eigenvalue weighted by atomic mass is 35.5. The van der Waals surface area contributed by atoms with Crippen LogP contribution in [0.2, 0.25) is 5.02 Å². The minimum atomic E-state index is -0.659. The highest BCUT2D eigenvalue weighted by Crippen LogP contribution is 2.24. The van der Waals surface area contributed by atoms with Crippen LogP contribution >= 0.6 is 11.6 Å². The maximum Gasteiger partial charge on any atom is 0.339 e. The molecule has 0 radical (unpaired) electrons. The zero-order chi connectivity index (χ0) is 19.3. The van der Waals surface area contributed by atoms with Gasteiger partial charge in [-0.3, -0.25) is 4.79 Å². The second-order valence-electron chi connectivity index (χ2n) is 5.96. The SMILES string of the molecule is CCC(Oc1cc(C)ccc1C)C(=O)Nc1ccc(Cl)c(C(=O)OC)c1. The van der Waals surface area contributed by atoms with Crippen molar-refractivity contribution in [3.63, 3.8) is 0 Å². The number of rotatable bonds is 6. The van der Waals surface area contributed by atoms with Crippen molar-refractivity contribution in [3.8, 4) is 5.75 Å². The van der Waals surface area contributed by atoms with Crippen LogP contribution in [0.15, 0.2) is 36.4 Å². The van der Waals surface area contributed by atoms with Gasteiger partial charge in [0.05, 0.1) is 17.7 Å². The first-order valence-electron chi connectivity index (χ1n) is 8.28. The Balaban J connectivity index is 2.16. The van der Waals surface area contributed by atoms with Crippen LogP contribution in [-0.2, 0) is 9.53 Å². The Morgan fingerprint density at radius 3 is 2.54 bits per heavy atom. The molecule has 0 saturated heterocycles. The quantitative estimate of drug-likeness (QED) is 0.753. The topological polar surface area (TPSA) is 64.6 Å². The molecule has 0 aliphatic carbocycles. The van der Waals surface area contributed by atoms with Crippen molar-refractivity contribution in [1.29, 1.82) is 0 Å². The lowest BCUT2D eigenvalue weighted by molar-refractivity contribution is -0.122. The molecule has 0 aliphatic heterocycles. The highest BCUT2D eigenvalue weighted by molar-refractivity contribution is 6.33. The predicted octanol–water partition coefficient (Wildman–Crippen LogP) is 4.54. The summed E-state index contributed by atoms with van der Waals surface area (Å²) in [5.74, 6) is -0.185. The third-order valence-electron chi connectivity index (χ3n) is 3.92. The third kappa shape index (κ3) is 4.76. The molecular weight excluding hydrogens is 354 g/mol. The van der Waals surface area contributed by atoms with E-state index in [1.165, 1.54) is 19.2 Å². The average molecular weight is 376 g/mol. The molecule has 2 aromatic rings. The van der Waals surface area contributed by atoms with E-state index in [1.54, 1.807) is 6.07 Å². The van der Waals surface area contributed by atoms with Crippen LogP contribution in [0.3, 0.4) is 0 Å². The first-order valence-corrected chi connectivity index (χ1v) is 8.66. The standard InChI is InChI=1S/C20H22ClNO4/c1-5-17(26-18-10-12(2)6-7-13(18)3)19(23)22-14-8-9-16(21)15(11-14)20(24)25-4/h6-11,17H,5H2,1-4H3,(H,22,23). The maximum atomic E-state index is 12.6. The summed E-state index contributed by atoms with van der Waals surface area (Å²) in [4.78, 5) is 24.3. The first kappa shape index (κ1) is 19.8. The van der Waals surface area contributed by atoms with Crippen LogP contribution in [0.5, 0.6) is 5.75 Å². The molecule has 2 aromatic carbocycles. The number of halogens is 1. The first-order chi connectivity index (χ1) is 12.3. The number of anilines is 1. The van der Waals surface area contributed by atoms with E-state index in [9.17, 15) is 9.59 Å². The van der Waals surface area contributed by atoms with Gasteiger partial charge in [-0.15, -0.1) is 0 Å². The van der Waals surface area contributed by atoms with E-state index in [1.807, 2.05) is 39.0 Å². The van der Waals surface area contributed by atoms with Gasteiger partial charge in [0.25, 0.3) is 5.91 Å².